The van der Waals surface area contributed by atoms with Crippen molar-refractivity contribution in [1.82, 2.24) is 30.8 Å². The third-order valence-electron chi connectivity index (χ3n) is 15.7. The van der Waals surface area contributed by atoms with Crippen LogP contribution < -0.4 is 42.6 Å². The molecule has 2 aliphatic heterocycles. The maximum absolute atomic E-state index is 14.2. The number of methoxy groups -OCH3 is 1. The number of nitrogens with one attached hydrogen (secondary N) is 5. The van der Waals surface area contributed by atoms with Gasteiger partial charge in [-0.25, -0.2) is 19.4 Å². The fourth-order valence-corrected chi connectivity index (χ4v) is 10.8. The number of primary amides is 1. The summed E-state index contributed by atoms with van der Waals surface area (Å²) in [6.07, 6.45) is 7.27. The molecule has 4 aromatic rings. The van der Waals surface area contributed by atoms with Gasteiger partial charge in [-0.3, -0.25) is 24.0 Å². The molecular formula is C64H86N8O17. The molecule has 0 spiro atoms. The SMILES string of the molecule is CCc1c2c(nc3ccc(OC)cc13)-c1cc3c(c(=O)n1C2)COC(=O)[C@@]3(CC)OC(=O)OCc1ccc(NC(=O)[C@H](CCCNC(N)=O)NC(=O)[C@@H](NC(=O)CCOCCOCCOCCOCCNC(=O)COC2/C=C(/C)CCCCC2)C(C)C)cc1. The van der Waals surface area contributed by atoms with Crippen molar-refractivity contribution in [3.05, 3.63) is 98.4 Å². The Balaban J connectivity index is 0.821. The summed E-state index contributed by atoms with van der Waals surface area (Å²) in [6.45, 7) is 11.7. The van der Waals surface area contributed by atoms with Gasteiger partial charge in [0.1, 0.15) is 37.7 Å². The molecule has 1 aliphatic carbocycles. The number of aryl methyl sites for hydroxylation is 1. The second kappa shape index (κ2) is 34.1. The van der Waals surface area contributed by atoms with Crippen LogP contribution in [0.1, 0.15) is 120 Å². The smallest absolute Gasteiger partial charge is 0.497 e. The predicted molar refractivity (Wildman–Crippen MR) is 328 cm³/mol. The van der Waals surface area contributed by atoms with Gasteiger partial charge < -0.3 is 79.5 Å². The average molecular weight is 1240 g/mol. The van der Waals surface area contributed by atoms with Gasteiger partial charge in [0, 0.05) is 41.7 Å². The highest BCUT2D eigenvalue weighted by molar-refractivity contribution is 5.98. The van der Waals surface area contributed by atoms with Gasteiger partial charge in [0.2, 0.25) is 29.2 Å². The number of hydrogen-bond acceptors (Lipinski definition) is 18. The lowest BCUT2D eigenvalue weighted by Gasteiger charge is -2.35. The fraction of sp³-hybridized carbons (Fsp3) is 0.547. The highest BCUT2D eigenvalue weighted by Crippen LogP contribution is 2.43. The first-order valence-electron chi connectivity index (χ1n) is 30.6. The second-order valence-corrected chi connectivity index (χ2v) is 22.3. The lowest BCUT2D eigenvalue weighted by molar-refractivity contribution is -0.175. The molecule has 1 unspecified atom stereocenters. The minimum absolute atomic E-state index is 0.0173. The Hall–Kier alpha value is -7.97. The maximum atomic E-state index is 14.2. The number of hydrogen-bond donors (Lipinski definition) is 6. The molecule has 25 heteroatoms. The average Bonchev–Trinajstić information content (AvgIpc) is 1.70. The molecule has 2 aromatic heterocycles. The Morgan fingerprint density at radius 1 is 0.820 bits per heavy atom. The zero-order chi connectivity index (χ0) is 63.9. The van der Waals surface area contributed by atoms with Crippen molar-refractivity contribution in [3.8, 4) is 17.1 Å². The summed E-state index contributed by atoms with van der Waals surface area (Å²) in [7, 11) is 1.59. The summed E-state index contributed by atoms with van der Waals surface area (Å²) < 4.78 is 52.0. The quantitative estimate of drug-likeness (QED) is 0.0159. The van der Waals surface area contributed by atoms with Crippen molar-refractivity contribution in [2.24, 2.45) is 11.7 Å². The van der Waals surface area contributed by atoms with Gasteiger partial charge in [0.05, 0.1) is 95.1 Å². The number of urea groups is 1. The maximum Gasteiger partial charge on any atom is 0.510 e. The summed E-state index contributed by atoms with van der Waals surface area (Å²) in [5, 5.41) is 14.5. The number of carbonyl (C=O) groups is 7. The first-order chi connectivity index (χ1) is 42.9. The first kappa shape index (κ1) is 68.5. The number of benzene rings is 2. The van der Waals surface area contributed by atoms with E-state index in [0.29, 0.717) is 79.9 Å². The number of fused-ring (bicyclic) bond motifs is 5. The van der Waals surface area contributed by atoms with E-state index in [2.05, 4.69) is 39.6 Å². The zero-order valence-corrected chi connectivity index (χ0v) is 51.9. The van der Waals surface area contributed by atoms with E-state index < -0.39 is 59.1 Å². The number of rotatable bonds is 34. The van der Waals surface area contributed by atoms with Crippen LogP contribution in [-0.4, -0.2) is 149 Å². The summed E-state index contributed by atoms with van der Waals surface area (Å²) >= 11 is 0. The molecule has 7 N–H and O–H groups in total. The van der Waals surface area contributed by atoms with Crippen molar-refractivity contribution in [3.63, 3.8) is 0 Å². The molecule has 0 bridgehead atoms. The number of nitrogens with zero attached hydrogens (tertiary/aromatic N) is 2. The Bertz CT molecular complexity index is 3200. The van der Waals surface area contributed by atoms with Crippen LogP contribution in [0.5, 0.6) is 5.75 Å². The van der Waals surface area contributed by atoms with Crippen molar-refractivity contribution in [1.29, 1.82) is 0 Å². The number of amides is 6. The van der Waals surface area contributed by atoms with E-state index in [1.54, 1.807) is 62.8 Å². The summed E-state index contributed by atoms with van der Waals surface area (Å²) in [4.78, 5) is 111. The van der Waals surface area contributed by atoms with E-state index in [1.807, 2.05) is 25.1 Å². The van der Waals surface area contributed by atoms with Crippen molar-refractivity contribution >= 4 is 58.4 Å². The van der Waals surface area contributed by atoms with Crippen LogP contribution in [0, 0.1) is 5.92 Å². The van der Waals surface area contributed by atoms with Crippen LogP contribution in [0.4, 0.5) is 15.3 Å². The molecule has 0 fully saturated rings. The van der Waals surface area contributed by atoms with Gasteiger partial charge in [-0.2, -0.15) is 0 Å². The van der Waals surface area contributed by atoms with Crippen molar-refractivity contribution in [2.45, 2.75) is 142 Å². The largest absolute Gasteiger partial charge is 0.510 e. The molecular weight excluding hydrogens is 1150 g/mol. The molecule has 3 aliphatic rings. The van der Waals surface area contributed by atoms with Crippen molar-refractivity contribution < 1.29 is 76.2 Å². The number of cyclic esters (lactones) is 1. The predicted octanol–water partition coefficient (Wildman–Crippen LogP) is 5.89. The molecule has 2 aromatic carbocycles. The number of aromatic nitrogens is 2. The number of pyridine rings is 2. The van der Waals surface area contributed by atoms with Crippen molar-refractivity contribution in [2.75, 3.05) is 85.0 Å². The Labute approximate surface area is 518 Å². The fourth-order valence-electron chi connectivity index (χ4n) is 10.8. The minimum atomic E-state index is -2.01. The molecule has 0 saturated carbocycles. The molecule has 89 heavy (non-hydrogen) atoms. The molecule has 4 atom stereocenters. The highest BCUT2D eigenvalue weighted by atomic mass is 16.7. The van der Waals surface area contributed by atoms with Crippen LogP contribution in [0.2, 0.25) is 0 Å². The molecule has 0 saturated heterocycles. The number of esters is 1. The molecule has 484 valence electrons. The van der Waals surface area contributed by atoms with E-state index in [-0.39, 0.29) is 107 Å². The standard InChI is InChI=1S/C64H86N8O17/c1-7-46-47-34-44(81-6)20-21-51(47)69-57-48(46)36-72-53(57)35-50-49(60(72)77)38-87-61(78)64(50,8-2)89-63(80)88-37-42-16-18-43(19-17-42)68-58(75)52(15-12-23-67-62(65)79)70-59(76)56(40(3)4)71-54(73)22-25-82-27-29-84-31-32-85-30-28-83-26-24-66-55(74)39-86-45-14-11-9-10-13-41(5)33-45/h16-21,33-35,40,45,52,56H,7-15,22-32,36-39H2,1-6H3,(H,66,74)(H,68,75)(H,70,76)(H,71,73)(H3,65,67,79)/b41-33-/t45?,52-,56-,64-/m0/s1. The Kier molecular flexibility index (Phi) is 26.3. The van der Waals surface area contributed by atoms with E-state index >= 15 is 0 Å². The number of allylic oxidation sites excluding steroid dienone is 1. The van der Waals surface area contributed by atoms with Crippen LogP contribution in [0.25, 0.3) is 22.3 Å². The summed E-state index contributed by atoms with van der Waals surface area (Å²) in [6, 6.07) is 10.7. The molecule has 0 radical (unpaired) electrons. The molecule has 7 rings (SSSR count). The van der Waals surface area contributed by atoms with E-state index in [4.69, 9.17) is 53.3 Å². The topological polar surface area (TPSA) is 324 Å². The third-order valence-corrected chi connectivity index (χ3v) is 15.7. The van der Waals surface area contributed by atoms with E-state index in [9.17, 15) is 38.4 Å². The van der Waals surface area contributed by atoms with E-state index in [0.717, 1.165) is 35.8 Å². The van der Waals surface area contributed by atoms with E-state index in [1.165, 1.54) is 18.4 Å². The monoisotopic (exact) mass is 1240 g/mol. The van der Waals surface area contributed by atoms with Gasteiger partial charge >= 0.3 is 18.2 Å². The molecule has 4 heterocycles. The Morgan fingerprint density at radius 2 is 1.54 bits per heavy atom. The van der Waals surface area contributed by atoms with Crippen LogP contribution >= 0.6 is 0 Å². The first-order valence-corrected chi connectivity index (χ1v) is 30.6. The number of carbonyl (C=O) groups excluding carboxylic acids is 7. The van der Waals surface area contributed by atoms with Gasteiger partial charge in [0.25, 0.3) is 5.56 Å². The minimum Gasteiger partial charge on any atom is -0.497 e. The highest BCUT2D eigenvalue weighted by Gasteiger charge is 2.51. The summed E-state index contributed by atoms with van der Waals surface area (Å²) in [5.74, 6) is -2.37. The van der Waals surface area contributed by atoms with Gasteiger partial charge in [-0.05, 0) is 105 Å². The van der Waals surface area contributed by atoms with Crippen LogP contribution in [0.3, 0.4) is 0 Å². The third kappa shape index (κ3) is 19.3. The number of anilines is 1. The summed E-state index contributed by atoms with van der Waals surface area (Å²) in [5.41, 5.74) is 8.99. The van der Waals surface area contributed by atoms with Gasteiger partial charge in [-0.1, -0.05) is 64.3 Å². The lowest BCUT2D eigenvalue weighted by atomic mass is 9.85. The number of nitrogens with two attached hydrogens (primary N) is 1. The van der Waals surface area contributed by atoms with Crippen LogP contribution in [0.15, 0.2) is 65.0 Å². The zero-order valence-electron chi connectivity index (χ0n) is 51.9. The van der Waals surface area contributed by atoms with Gasteiger partial charge in [-0.15, -0.1) is 0 Å². The Morgan fingerprint density at radius 3 is 2.22 bits per heavy atom. The molecule has 6 amide bonds. The normalized spacial score (nSPS) is 17.3. The second-order valence-electron chi connectivity index (χ2n) is 22.3. The van der Waals surface area contributed by atoms with Gasteiger partial charge in [0.15, 0.2) is 0 Å². The number of ether oxygens (including phenoxy) is 9. The lowest BCUT2D eigenvalue weighted by Crippen LogP contribution is -2.54. The van der Waals surface area contributed by atoms with Crippen LogP contribution in [-0.2, 0) is 93.6 Å². The molecule has 25 nitrogen and oxygen atoms in total.